The van der Waals surface area contributed by atoms with Gasteiger partial charge in [0, 0.05) is 5.41 Å². The average molecular weight is 461 g/mol. The fourth-order valence-electron chi connectivity index (χ4n) is 3.52. The summed E-state index contributed by atoms with van der Waals surface area (Å²) in [4.78, 5) is -0.516. The molecule has 158 valence electrons. The van der Waals surface area contributed by atoms with Gasteiger partial charge in [-0.1, -0.05) is 42.0 Å². The quantitative estimate of drug-likeness (QED) is 0.481. The monoisotopic (exact) mass is 460 g/mol. The molecule has 2 aliphatic rings. The van der Waals surface area contributed by atoms with Gasteiger partial charge in [0.25, 0.3) is 0 Å². The van der Waals surface area contributed by atoms with E-state index in [4.69, 9.17) is 11.6 Å². The summed E-state index contributed by atoms with van der Waals surface area (Å²) < 4.78 is 88.6. The van der Waals surface area contributed by atoms with Crippen LogP contribution in [0, 0.1) is 5.41 Å². The van der Waals surface area contributed by atoms with Crippen LogP contribution in [0.1, 0.15) is 29.5 Å². The number of sulfone groups is 1. The van der Waals surface area contributed by atoms with Crippen LogP contribution in [0.3, 0.4) is 0 Å². The summed E-state index contributed by atoms with van der Waals surface area (Å²) in [6.07, 6.45) is 0.907. The number of benzene rings is 2. The van der Waals surface area contributed by atoms with Crippen molar-refractivity contribution in [1.29, 1.82) is 0 Å². The Morgan fingerprint density at radius 2 is 1.43 bits per heavy atom. The first kappa shape index (κ1) is 21.1. The maximum Gasteiger partial charge on any atom is 0.417 e. The first-order valence-electron chi connectivity index (χ1n) is 8.89. The Hall–Kier alpha value is -2.19. The van der Waals surface area contributed by atoms with E-state index >= 15 is 0 Å². The number of rotatable bonds is 4. The SMILES string of the molecule is O=S(=O)(c1ccc(C2=CC3(C=C2c2ccc(Cl)c(C(F)(F)F)c2)CC3)cc1)C(F)F. The molecule has 0 saturated heterocycles. The normalized spacial score (nSPS) is 18.0. The number of alkyl halides is 5. The predicted octanol–water partition coefficient (Wildman–Crippen LogP) is 6.62. The van der Waals surface area contributed by atoms with Crippen LogP contribution in [-0.4, -0.2) is 14.2 Å². The number of halogens is 6. The molecule has 30 heavy (non-hydrogen) atoms. The minimum absolute atomic E-state index is 0.240. The van der Waals surface area contributed by atoms with Crippen LogP contribution in [0.4, 0.5) is 22.0 Å². The number of hydrogen-bond donors (Lipinski definition) is 0. The molecule has 0 unspecified atom stereocenters. The lowest BCUT2D eigenvalue weighted by Crippen LogP contribution is -2.11. The summed E-state index contributed by atoms with van der Waals surface area (Å²) in [7, 11) is -4.73. The molecule has 0 atom stereocenters. The summed E-state index contributed by atoms with van der Waals surface area (Å²) in [5, 5.41) is -0.405. The zero-order valence-corrected chi connectivity index (χ0v) is 16.8. The molecule has 1 fully saturated rings. The first-order chi connectivity index (χ1) is 13.9. The maximum atomic E-state index is 13.3. The zero-order chi connectivity index (χ0) is 21.9. The average Bonchev–Trinajstić information content (AvgIpc) is 3.32. The van der Waals surface area contributed by atoms with Gasteiger partial charge in [-0.15, -0.1) is 0 Å². The molecule has 1 spiro atoms. The molecule has 4 rings (SSSR count). The molecule has 2 aromatic rings. The van der Waals surface area contributed by atoms with E-state index in [9.17, 15) is 30.4 Å². The highest BCUT2D eigenvalue weighted by Crippen LogP contribution is 2.58. The summed E-state index contributed by atoms with van der Waals surface area (Å²) in [6, 6.07) is 8.60. The molecule has 2 aliphatic carbocycles. The van der Waals surface area contributed by atoms with Gasteiger partial charge in [0.1, 0.15) is 0 Å². The number of hydrogen-bond acceptors (Lipinski definition) is 2. The van der Waals surface area contributed by atoms with E-state index in [0.717, 1.165) is 31.0 Å². The highest BCUT2D eigenvalue weighted by atomic mass is 35.5. The van der Waals surface area contributed by atoms with Crippen LogP contribution in [-0.2, 0) is 16.0 Å². The van der Waals surface area contributed by atoms with Gasteiger partial charge in [-0.2, -0.15) is 22.0 Å². The third-order valence-electron chi connectivity index (χ3n) is 5.29. The van der Waals surface area contributed by atoms with Gasteiger partial charge in [0.15, 0.2) is 0 Å². The molecule has 1 saturated carbocycles. The third-order valence-corrected chi connectivity index (χ3v) is 7.02. The molecular formula is C21H14ClF5O2S. The third kappa shape index (κ3) is 3.67. The van der Waals surface area contributed by atoms with Crippen molar-refractivity contribution >= 4 is 32.6 Å². The molecule has 0 bridgehead atoms. The van der Waals surface area contributed by atoms with Crippen LogP contribution in [0.5, 0.6) is 0 Å². The van der Waals surface area contributed by atoms with E-state index in [1.807, 2.05) is 12.2 Å². The Bertz CT molecular complexity index is 1170. The van der Waals surface area contributed by atoms with Crippen molar-refractivity contribution in [2.45, 2.75) is 29.7 Å². The second kappa shape index (κ2) is 6.92. The molecule has 0 amide bonds. The summed E-state index contributed by atoms with van der Waals surface area (Å²) in [5.41, 5.74) is 0.865. The Labute approximate surface area is 174 Å². The van der Waals surface area contributed by atoms with Gasteiger partial charge in [-0.3, -0.25) is 0 Å². The molecule has 2 nitrogen and oxygen atoms in total. The van der Waals surface area contributed by atoms with Crippen molar-refractivity contribution in [3.8, 4) is 0 Å². The smallest absolute Gasteiger partial charge is 0.218 e. The standard InChI is InChI=1S/C21H14ClF5O2S/c22-18-6-3-13(9-17(18)21(25,26)27)16-11-20(7-8-20)10-15(16)12-1-4-14(5-2-12)30(28,29)19(23)24/h1-6,9-11,19H,7-8H2. The van der Waals surface area contributed by atoms with E-state index in [-0.39, 0.29) is 5.41 Å². The number of allylic oxidation sites excluding steroid dienone is 4. The molecule has 0 heterocycles. The van der Waals surface area contributed by atoms with Crippen LogP contribution < -0.4 is 0 Å². The van der Waals surface area contributed by atoms with E-state index in [2.05, 4.69) is 0 Å². The minimum Gasteiger partial charge on any atom is -0.218 e. The van der Waals surface area contributed by atoms with E-state index in [1.54, 1.807) is 0 Å². The van der Waals surface area contributed by atoms with Gasteiger partial charge < -0.3 is 0 Å². The van der Waals surface area contributed by atoms with Gasteiger partial charge in [0.2, 0.25) is 9.84 Å². The molecule has 0 radical (unpaired) electrons. The molecule has 2 aromatic carbocycles. The van der Waals surface area contributed by atoms with Crippen LogP contribution in [0.2, 0.25) is 5.02 Å². The van der Waals surface area contributed by atoms with Gasteiger partial charge in [-0.05, 0) is 59.4 Å². The second-order valence-corrected chi connectivity index (χ2v) is 9.70. The van der Waals surface area contributed by atoms with Gasteiger partial charge >= 0.3 is 11.9 Å². The summed E-state index contributed by atoms with van der Waals surface area (Å²) in [6.45, 7) is 0. The maximum absolute atomic E-state index is 13.3. The molecule has 0 aromatic heterocycles. The highest BCUT2D eigenvalue weighted by Gasteiger charge is 2.43. The fraction of sp³-hybridized carbons (Fsp3) is 0.238. The summed E-state index contributed by atoms with van der Waals surface area (Å²) in [5.74, 6) is -3.53. The van der Waals surface area contributed by atoms with Crippen molar-refractivity contribution < 1.29 is 30.4 Å². The zero-order valence-electron chi connectivity index (χ0n) is 15.2. The molecular weight excluding hydrogens is 447 g/mol. The fourth-order valence-corrected chi connectivity index (χ4v) is 4.47. The summed E-state index contributed by atoms with van der Waals surface area (Å²) >= 11 is 5.72. The van der Waals surface area contributed by atoms with Crippen molar-refractivity contribution in [1.82, 2.24) is 0 Å². The lowest BCUT2D eigenvalue weighted by Gasteiger charge is -2.14. The lowest BCUT2D eigenvalue weighted by atomic mass is 9.94. The van der Waals surface area contributed by atoms with Gasteiger partial charge in [-0.25, -0.2) is 8.42 Å². The predicted molar refractivity (Wildman–Crippen MR) is 104 cm³/mol. The minimum atomic E-state index is -4.73. The second-order valence-electron chi connectivity index (χ2n) is 7.37. The van der Waals surface area contributed by atoms with Gasteiger partial charge in [0.05, 0.1) is 15.5 Å². The van der Waals surface area contributed by atoms with Crippen molar-refractivity contribution in [3.63, 3.8) is 0 Å². The van der Waals surface area contributed by atoms with Crippen LogP contribution >= 0.6 is 11.6 Å². The van der Waals surface area contributed by atoms with Crippen LogP contribution in [0.25, 0.3) is 11.1 Å². The highest BCUT2D eigenvalue weighted by molar-refractivity contribution is 7.91. The Balaban J connectivity index is 1.76. The van der Waals surface area contributed by atoms with E-state index < -0.39 is 37.3 Å². The van der Waals surface area contributed by atoms with E-state index in [0.29, 0.717) is 22.3 Å². The van der Waals surface area contributed by atoms with Crippen LogP contribution in [0.15, 0.2) is 59.5 Å². The van der Waals surface area contributed by atoms with Crippen molar-refractivity contribution in [2.75, 3.05) is 0 Å². The van der Waals surface area contributed by atoms with Crippen molar-refractivity contribution in [2.24, 2.45) is 5.41 Å². The first-order valence-corrected chi connectivity index (χ1v) is 10.8. The lowest BCUT2D eigenvalue weighted by molar-refractivity contribution is -0.137. The molecule has 0 aliphatic heterocycles. The topological polar surface area (TPSA) is 34.1 Å². The van der Waals surface area contributed by atoms with Crippen molar-refractivity contribution in [3.05, 3.63) is 76.3 Å². The Morgan fingerprint density at radius 3 is 1.93 bits per heavy atom. The molecule has 9 heteroatoms. The largest absolute Gasteiger partial charge is 0.417 e. The molecule has 0 N–H and O–H groups in total. The Kier molecular flexibility index (Phi) is 4.86. The van der Waals surface area contributed by atoms with E-state index in [1.165, 1.54) is 24.3 Å². The Morgan fingerprint density at radius 1 is 0.900 bits per heavy atom.